The third-order valence-electron chi connectivity index (χ3n) is 4.49. The van der Waals surface area contributed by atoms with Gasteiger partial charge in [-0.15, -0.1) is 11.3 Å². The molecule has 162 valence electrons. The molecular formula is C20H16N6O5S. The van der Waals surface area contributed by atoms with E-state index in [1.165, 1.54) is 28.2 Å². The molecule has 0 radical (unpaired) electrons. The zero-order chi connectivity index (χ0) is 22.7. The molecule has 0 atom stereocenters. The van der Waals surface area contributed by atoms with Crippen LogP contribution in [0.25, 0.3) is 17.1 Å². The van der Waals surface area contributed by atoms with Crippen LogP contribution in [0.2, 0.25) is 0 Å². The first kappa shape index (κ1) is 20.9. The predicted molar refractivity (Wildman–Crippen MR) is 114 cm³/mol. The molecule has 32 heavy (non-hydrogen) atoms. The number of hydrazone groups is 1. The molecule has 0 saturated heterocycles. The highest BCUT2D eigenvalue weighted by Gasteiger charge is 2.25. The summed E-state index contributed by atoms with van der Waals surface area (Å²) in [6, 6.07) is 13.0. The molecule has 2 aromatic carbocycles. The molecule has 12 heteroatoms. The molecular weight excluding hydrogens is 436 g/mol. The minimum absolute atomic E-state index is 0.00590. The van der Waals surface area contributed by atoms with Gasteiger partial charge >= 0.3 is 0 Å². The van der Waals surface area contributed by atoms with Crippen LogP contribution in [0.5, 0.6) is 11.7 Å². The zero-order valence-electron chi connectivity index (χ0n) is 16.9. The third-order valence-corrected chi connectivity index (χ3v) is 5.24. The van der Waals surface area contributed by atoms with Crippen LogP contribution < -0.4 is 20.0 Å². The average molecular weight is 452 g/mol. The molecule has 0 spiro atoms. The summed E-state index contributed by atoms with van der Waals surface area (Å²) in [5, 5.41) is 33.3. The third kappa shape index (κ3) is 4.25. The number of thiazole rings is 1. The molecule has 0 fully saturated rings. The van der Waals surface area contributed by atoms with Gasteiger partial charge in [0.15, 0.2) is 11.6 Å². The van der Waals surface area contributed by atoms with Crippen LogP contribution in [-0.4, -0.2) is 28.0 Å². The number of anilines is 1. The van der Waals surface area contributed by atoms with E-state index < -0.39 is 10.9 Å². The lowest BCUT2D eigenvalue weighted by Gasteiger charge is -2.01. The van der Waals surface area contributed by atoms with Crippen LogP contribution in [-0.2, 0) is 0 Å². The number of nitrogens with one attached hydrogen (secondary N) is 1. The number of rotatable bonds is 7. The minimum Gasteiger partial charge on any atom is -0.539 e. The predicted octanol–water partition coefficient (Wildman–Crippen LogP) is 2.90. The molecule has 0 bridgehead atoms. The molecule has 4 aromatic rings. The Labute approximate surface area is 185 Å². The second-order valence-electron chi connectivity index (χ2n) is 6.47. The molecule has 0 unspecified atom stereocenters. The molecule has 0 aliphatic rings. The van der Waals surface area contributed by atoms with Crippen LogP contribution >= 0.6 is 11.3 Å². The van der Waals surface area contributed by atoms with Crippen molar-refractivity contribution >= 4 is 27.9 Å². The van der Waals surface area contributed by atoms with E-state index in [0.717, 1.165) is 5.56 Å². The van der Waals surface area contributed by atoms with Crippen LogP contribution in [0.3, 0.4) is 0 Å². The molecule has 11 nitrogen and oxygen atoms in total. The first-order valence-corrected chi connectivity index (χ1v) is 10.1. The van der Waals surface area contributed by atoms with Gasteiger partial charge in [0.05, 0.1) is 23.0 Å². The maximum Gasteiger partial charge on any atom is 0.289 e. The van der Waals surface area contributed by atoms with Crippen LogP contribution in [0.1, 0.15) is 12.5 Å². The van der Waals surface area contributed by atoms with E-state index in [0.29, 0.717) is 28.0 Å². The van der Waals surface area contributed by atoms with Gasteiger partial charge in [-0.3, -0.25) is 15.5 Å². The van der Waals surface area contributed by atoms with Crippen molar-refractivity contribution in [3.8, 4) is 28.8 Å². The van der Waals surface area contributed by atoms with Crippen molar-refractivity contribution in [1.82, 2.24) is 10.3 Å². The second-order valence-corrected chi connectivity index (χ2v) is 7.33. The normalized spacial score (nSPS) is 11.4. The number of hydrogen-bond donors (Lipinski definition) is 1. The molecule has 0 saturated carbocycles. The van der Waals surface area contributed by atoms with Gasteiger partial charge in [-0.25, -0.2) is 4.98 Å². The zero-order valence-corrected chi connectivity index (χ0v) is 17.7. The number of nitro groups is 1. The lowest BCUT2D eigenvalue weighted by Crippen LogP contribution is -2.34. The summed E-state index contributed by atoms with van der Waals surface area (Å²) < 4.78 is 11.4. The maximum atomic E-state index is 12.3. The first-order chi connectivity index (χ1) is 15.5. The highest BCUT2D eigenvalue weighted by Crippen LogP contribution is 2.28. The molecule has 4 rings (SSSR count). The van der Waals surface area contributed by atoms with Crippen molar-refractivity contribution < 1.29 is 24.0 Å². The summed E-state index contributed by atoms with van der Waals surface area (Å²) in [4.78, 5) is 14.7. The Hall–Kier alpha value is -4.32. The largest absolute Gasteiger partial charge is 0.539 e. The van der Waals surface area contributed by atoms with E-state index in [4.69, 9.17) is 9.26 Å². The summed E-state index contributed by atoms with van der Waals surface area (Å²) in [6.07, 6.45) is 0. The summed E-state index contributed by atoms with van der Waals surface area (Å²) in [6.45, 7) is 1.76. The van der Waals surface area contributed by atoms with Crippen molar-refractivity contribution in [1.29, 1.82) is 0 Å². The Morgan fingerprint density at radius 1 is 1.22 bits per heavy atom. The van der Waals surface area contributed by atoms with E-state index in [1.807, 2.05) is 0 Å². The van der Waals surface area contributed by atoms with E-state index in [-0.39, 0.29) is 11.4 Å². The number of hydrogen-bond acceptors (Lipinski definition) is 10. The van der Waals surface area contributed by atoms with Gasteiger partial charge in [-0.2, -0.15) is 5.10 Å². The number of non-ortho nitro benzene ring substituents is 1. The molecule has 1 N–H and O–H groups in total. The highest BCUT2D eigenvalue weighted by atomic mass is 32.1. The fourth-order valence-electron chi connectivity index (χ4n) is 2.82. The van der Waals surface area contributed by atoms with Crippen molar-refractivity contribution in [3.63, 3.8) is 0 Å². The topological polar surface area (TPSA) is 143 Å². The standard InChI is InChI=1S/C20H16N6O5S/c1-12(13-3-5-15(6-4-13)26(28)29)22-23-20-21-17(11-32-20)18-19(27)31-24-25(18)14-7-9-16(30-2)10-8-14/h3-11H,1-2H3,(H-,21,23,24,27)/b22-12+. The summed E-state index contributed by atoms with van der Waals surface area (Å²) in [5.74, 6) is 0.0476. The van der Waals surface area contributed by atoms with Gasteiger partial charge in [0.2, 0.25) is 10.8 Å². The Morgan fingerprint density at radius 2 is 1.94 bits per heavy atom. The lowest BCUT2D eigenvalue weighted by atomic mass is 10.1. The number of benzene rings is 2. The van der Waals surface area contributed by atoms with Gasteiger partial charge in [-0.05, 0) is 41.4 Å². The van der Waals surface area contributed by atoms with Gasteiger partial charge in [0.25, 0.3) is 11.4 Å². The quantitative estimate of drug-likeness (QED) is 0.195. The van der Waals surface area contributed by atoms with Crippen molar-refractivity contribution in [3.05, 3.63) is 69.6 Å². The van der Waals surface area contributed by atoms with Crippen LogP contribution in [0, 0.1) is 10.1 Å². The molecule has 2 aromatic heterocycles. The molecule has 0 aliphatic carbocycles. The lowest BCUT2D eigenvalue weighted by molar-refractivity contribution is -0.660. The Balaban J connectivity index is 1.55. The van der Waals surface area contributed by atoms with E-state index in [9.17, 15) is 15.2 Å². The summed E-state index contributed by atoms with van der Waals surface area (Å²) in [7, 11) is 1.56. The van der Waals surface area contributed by atoms with Gasteiger partial charge in [0.1, 0.15) is 5.75 Å². The van der Waals surface area contributed by atoms with E-state index >= 15 is 0 Å². The van der Waals surface area contributed by atoms with Crippen LogP contribution in [0.4, 0.5) is 10.8 Å². The Bertz CT molecular complexity index is 1280. The summed E-state index contributed by atoms with van der Waals surface area (Å²) >= 11 is 1.25. The highest BCUT2D eigenvalue weighted by molar-refractivity contribution is 7.14. The van der Waals surface area contributed by atoms with Gasteiger partial charge in [-0.1, -0.05) is 0 Å². The maximum absolute atomic E-state index is 12.3. The monoisotopic (exact) mass is 452 g/mol. The number of aromatic nitrogens is 3. The Kier molecular flexibility index (Phi) is 5.77. The van der Waals surface area contributed by atoms with Crippen molar-refractivity contribution in [2.24, 2.45) is 5.10 Å². The minimum atomic E-state index is -0.622. The fourth-order valence-corrected chi connectivity index (χ4v) is 3.45. The second kappa shape index (κ2) is 8.81. The van der Waals surface area contributed by atoms with Crippen molar-refractivity contribution in [2.45, 2.75) is 6.92 Å². The van der Waals surface area contributed by atoms with Gasteiger partial charge in [0, 0.05) is 29.6 Å². The van der Waals surface area contributed by atoms with E-state index in [2.05, 4.69) is 20.8 Å². The van der Waals surface area contributed by atoms with Crippen molar-refractivity contribution in [2.75, 3.05) is 12.5 Å². The summed E-state index contributed by atoms with van der Waals surface area (Å²) in [5.41, 5.74) is 5.34. The van der Waals surface area contributed by atoms with Gasteiger partial charge < -0.3 is 14.4 Å². The number of methoxy groups -OCH3 is 1. The number of nitrogens with zero attached hydrogens (tertiary/aromatic N) is 5. The van der Waals surface area contributed by atoms with E-state index in [1.54, 1.807) is 55.8 Å². The Morgan fingerprint density at radius 3 is 2.59 bits per heavy atom. The number of ether oxygens (including phenoxy) is 1. The number of nitro benzene ring substituents is 1. The SMILES string of the molecule is COc1ccc(-[n+]2noc([O-])c2-c2csc(N/N=C(\C)c3ccc([N+](=O)[O-])cc3)n2)cc1. The molecule has 0 aliphatic heterocycles. The molecule has 0 amide bonds. The fraction of sp³-hybridized carbons (Fsp3) is 0.100. The average Bonchev–Trinajstić information content (AvgIpc) is 3.43. The smallest absolute Gasteiger partial charge is 0.289 e. The molecule has 2 heterocycles. The van der Waals surface area contributed by atoms with Crippen LogP contribution in [0.15, 0.2) is 63.5 Å². The first-order valence-electron chi connectivity index (χ1n) is 9.20.